The van der Waals surface area contributed by atoms with Crippen molar-refractivity contribution in [2.45, 2.75) is 0 Å². The Morgan fingerprint density at radius 1 is 1.35 bits per heavy atom. The van der Waals surface area contributed by atoms with Crippen LogP contribution in [-0.2, 0) is 0 Å². The smallest absolute Gasteiger partial charge is 0.220 e. The van der Waals surface area contributed by atoms with Crippen molar-refractivity contribution in [2.24, 2.45) is 0 Å². The maximum atomic E-state index is 9.40. The van der Waals surface area contributed by atoms with Crippen LogP contribution in [0, 0.1) is 11.3 Å². The minimum Gasteiger partial charge on any atom is -0.506 e. The fourth-order valence-electron chi connectivity index (χ4n) is 1.27. The molecule has 2 aromatic rings. The Morgan fingerprint density at radius 3 is 2.94 bits per heavy atom. The van der Waals surface area contributed by atoms with Crippen LogP contribution in [0.3, 0.4) is 0 Å². The minimum atomic E-state index is -0.0565. The van der Waals surface area contributed by atoms with E-state index in [-0.39, 0.29) is 17.3 Å². The fraction of sp³-hybridized carbons (Fsp3) is 0. The van der Waals surface area contributed by atoms with Gasteiger partial charge in [-0.2, -0.15) is 5.26 Å². The molecule has 0 unspecified atom stereocenters. The Labute approximate surface area is 97.7 Å². The van der Waals surface area contributed by atoms with E-state index in [1.165, 1.54) is 18.3 Å². The highest BCUT2D eigenvalue weighted by atomic mass is 16.5. The summed E-state index contributed by atoms with van der Waals surface area (Å²) < 4.78 is 5.39. The number of phenolic OH excluding ortho intramolecular Hbond substituents is 1. The molecule has 5 heteroatoms. The first-order chi connectivity index (χ1) is 8.20. The number of nitrogens with zero attached hydrogens (tertiary/aromatic N) is 2. The average molecular weight is 227 g/mol. The van der Waals surface area contributed by atoms with Crippen molar-refractivity contribution in [2.75, 3.05) is 5.73 Å². The minimum absolute atomic E-state index is 0.0565. The van der Waals surface area contributed by atoms with Crippen LogP contribution in [0.5, 0.6) is 17.4 Å². The standard InChI is InChI=1S/C12H9N3O2/c13-7-8-4-5-15-11(6-8)17-10-3-1-2-9(16)12(10)14/h1-6,16H,14H2. The van der Waals surface area contributed by atoms with E-state index in [0.717, 1.165) is 0 Å². The van der Waals surface area contributed by atoms with Crippen LogP contribution in [0.4, 0.5) is 5.69 Å². The number of para-hydroxylation sites is 1. The topological polar surface area (TPSA) is 92.2 Å². The lowest BCUT2D eigenvalue weighted by Gasteiger charge is -2.08. The fourth-order valence-corrected chi connectivity index (χ4v) is 1.27. The molecule has 5 nitrogen and oxygen atoms in total. The van der Waals surface area contributed by atoms with Gasteiger partial charge in [0.1, 0.15) is 11.4 Å². The van der Waals surface area contributed by atoms with Crippen LogP contribution in [-0.4, -0.2) is 10.1 Å². The molecule has 3 N–H and O–H groups in total. The van der Waals surface area contributed by atoms with Crippen LogP contribution in [0.25, 0.3) is 0 Å². The third-order valence-corrected chi connectivity index (χ3v) is 2.12. The molecule has 2 rings (SSSR count). The lowest BCUT2D eigenvalue weighted by Crippen LogP contribution is -1.94. The van der Waals surface area contributed by atoms with Gasteiger partial charge in [-0.05, 0) is 18.2 Å². The number of nitrogen functional groups attached to an aromatic ring is 1. The Morgan fingerprint density at radius 2 is 2.18 bits per heavy atom. The second-order valence-electron chi connectivity index (χ2n) is 3.29. The predicted molar refractivity (Wildman–Crippen MR) is 61.5 cm³/mol. The number of aromatic hydroxyl groups is 1. The molecule has 0 aliphatic heterocycles. The van der Waals surface area contributed by atoms with Gasteiger partial charge in [0.25, 0.3) is 0 Å². The summed E-state index contributed by atoms with van der Waals surface area (Å²) in [5.74, 6) is 0.493. The van der Waals surface area contributed by atoms with E-state index >= 15 is 0 Å². The Balaban J connectivity index is 2.32. The monoisotopic (exact) mass is 227 g/mol. The lowest BCUT2D eigenvalue weighted by atomic mass is 10.2. The highest BCUT2D eigenvalue weighted by Gasteiger charge is 2.06. The normalized spacial score (nSPS) is 9.59. The van der Waals surface area contributed by atoms with Crippen LogP contribution in [0.15, 0.2) is 36.5 Å². The summed E-state index contributed by atoms with van der Waals surface area (Å²) in [6.07, 6.45) is 1.47. The molecular formula is C12H9N3O2. The van der Waals surface area contributed by atoms with Crippen molar-refractivity contribution in [3.8, 4) is 23.4 Å². The number of phenols is 1. The third kappa shape index (κ3) is 2.26. The Kier molecular flexibility index (Phi) is 2.79. The summed E-state index contributed by atoms with van der Waals surface area (Å²) in [6.45, 7) is 0. The zero-order chi connectivity index (χ0) is 12.3. The van der Waals surface area contributed by atoms with Gasteiger partial charge >= 0.3 is 0 Å². The van der Waals surface area contributed by atoms with Gasteiger partial charge in [-0.25, -0.2) is 4.98 Å². The van der Waals surface area contributed by atoms with Crippen molar-refractivity contribution >= 4 is 5.69 Å². The van der Waals surface area contributed by atoms with E-state index in [2.05, 4.69) is 4.98 Å². The number of benzene rings is 1. The molecule has 0 bridgehead atoms. The zero-order valence-electron chi connectivity index (χ0n) is 8.79. The van der Waals surface area contributed by atoms with E-state index in [9.17, 15) is 5.11 Å². The number of hydrogen-bond donors (Lipinski definition) is 2. The molecule has 0 amide bonds. The van der Waals surface area contributed by atoms with E-state index in [1.54, 1.807) is 18.2 Å². The van der Waals surface area contributed by atoms with Crippen LogP contribution >= 0.6 is 0 Å². The number of rotatable bonds is 2. The molecule has 0 radical (unpaired) electrons. The molecule has 0 saturated heterocycles. The summed E-state index contributed by atoms with van der Waals surface area (Å²) in [6, 6.07) is 9.71. The van der Waals surface area contributed by atoms with Gasteiger partial charge in [-0.1, -0.05) is 6.07 Å². The van der Waals surface area contributed by atoms with Crippen molar-refractivity contribution in [1.82, 2.24) is 4.98 Å². The number of aromatic nitrogens is 1. The van der Waals surface area contributed by atoms with Gasteiger partial charge in [0.15, 0.2) is 5.75 Å². The molecule has 0 fully saturated rings. The second kappa shape index (κ2) is 4.41. The van der Waals surface area contributed by atoms with Crippen molar-refractivity contribution in [1.29, 1.82) is 5.26 Å². The third-order valence-electron chi connectivity index (χ3n) is 2.12. The molecule has 0 saturated carbocycles. The molecular weight excluding hydrogens is 218 g/mol. The number of nitrogens with two attached hydrogens (primary N) is 1. The highest BCUT2D eigenvalue weighted by molar-refractivity contribution is 5.62. The van der Waals surface area contributed by atoms with E-state index < -0.39 is 0 Å². The van der Waals surface area contributed by atoms with Gasteiger partial charge in [0.05, 0.1) is 11.6 Å². The number of pyridine rings is 1. The molecule has 84 valence electrons. The number of hydrogen-bond acceptors (Lipinski definition) is 5. The molecule has 0 aliphatic rings. The summed E-state index contributed by atoms with van der Waals surface area (Å²) in [5, 5.41) is 18.1. The zero-order valence-corrected chi connectivity index (χ0v) is 8.79. The van der Waals surface area contributed by atoms with E-state index in [0.29, 0.717) is 11.3 Å². The molecule has 1 aromatic carbocycles. The Hall–Kier alpha value is -2.74. The van der Waals surface area contributed by atoms with Gasteiger partial charge < -0.3 is 15.6 Å². The SMILES string of the molecule is N#Cc1ccnc(Oc2cccc(O)c2N)c1. The molecule has 17 heavy (non-hydrogen) atoms. The second-order valence-corrected chi connectivity index (χ2v) is 3.29. The number of anilines is 1. The first-order valence-electron chi connectivity index (χ1n) is 4.82. The predicted octanol–water partition coefficient (Wildman–Crippen LogP) is 2.03. The number of nitriles is 1. The Bertz CT molecular complexity index is 591. The molecule has 1 aromatic heterocycles. The lowest BCUT2D eigenvalue weighted by molar-refractivity contribution is 0.450. The maximum absolute atomic E-state index is 9.40. The molecule has 1 heterocycles. The summed E-state index contributed by atoms with van der Waals surface area (Å²) >= 11 is 0. The average Bonchev–Trinajstić information content (AvgIpc) is 2.35. The van der Waals surface area contributed by atoms with Crippen molar-refractivity contribution in [3.05, 3.63) is 42.1 Å². The van der Waals surface area contributed by atoms with Crippen LogP contribution in [0.2, 0.25) is 0 Å². The first kappa shape index (κ1) is 10.8. The summed E-state index contributed by atoms with van der Waals surface area (Å²) in [7, 11) is 0. The van der Waals surface area contributed by atoms with Gasteiger partial charge in [-0.3, -0.25) is 0 Å². The maximum Gasteiger partial charge on any atom is 0.220 e. The molecule has 0 atom stereocenters. The summed E-state index contributed by atoms with van der Waals surface area (Å²) in [5.41, 5.74) is 6.21. The molecule has 0 spiro atoms. The van der Waals surface area contributed by atoms with Crippen LogP contribution in [0.1, 0.15) is 5.56 Å². The van der Waals surface area contributed by atoms with Crippen molar-refractivity contribution < 1.29 is 9.84 Å². The highest BCUT2D eigenvalue weighted by Crippen LogP contribution is 2.32. The van der Waals surface area contributed by atoms with Gasteiger partial charge in [-0.15, -0.1) is 0 Å². The van der Waals surface area contributed by atoms with Crippen LogP contribution < -0.4 is 10.5 Å². The summed E-state index contributed by atoms with van der Waals surface area (Å²) in [4.78, 5) is 3.94. The largest absolute Gasteiger partial charge is 0.506 e. The van der Waals surface area contributed by atoms with Gasteiger partial charge in [0, 0.05) is 12.3 Å². The van der Waals surface area contributed by atoms with E-state index in [1.807, 2.05) is 6.07 Å². The quantitative estimate of drug-likeness (QED) is 0.605. The van der Waals surface area contributed by atoms with Crippen molar-refractivity contribution in [3.63, 3.8) is 0 Å². The van der Waals surface area contributed by atoms with E-state index in [4.69, 9.17) is 15.7 Å². The number of ether oxygens (including phenoxy) is 1. The molecule has 0 aliphatic carbocycles. The first-order valence-corrected chi connectivity index (χ1v) is 4.82. The van der Waals surface area contributed by atoms with Gasteiger partial charge in [0.2, 0.25) is 5.88 Å².